The molecule has 1 aliphatic rings. The highest BCUT2D eigenvalue weighted by Gasteiger charge is 2.45. The Kier molecular flexibility index (Phi) is 4.28. The Balaban J connectivity index is 2.18. The molecule has 1 atom stereocenters. The zero-order valence-electron chi connectivity index (χ0n) is 13.2. The molecule has 4 nitrogen and oxygen atoms in total. The summed E-state index contributed by atoms with van der Waals surface area (Å²) in [6.07, 6.45) is 0. The number of carbonyl (C=O) groups excluding carboxylic acids is 2. The second-order valence-corrected chi connectivity index (χ2v) is 6.53. The summed E-state index contributed by atoms with van der Waals surface area (Å²) in [6, 6.07) is 9.99. The number of carbonyl (C=O) groups is 2. The molecule has 0 fully saturated rings. The van der Waals surface area contributed by atoms with Crippen molar-refractivity contribution in [2.24, 2.45) is 0 Å². The van der Waals surface area contributed by atoms with Crippen molar-refractivity contribution in [3.8, 4) is 0 Å². The molecule has 1 amide bonds. The van der Waals surface area contributed by atoms with E-state index in [-0.39, 0.29) is 12.5 Å². The van der Waals surface area contributed by atoms with Crippen molar-refractivity contribution < 1.29 is 14.3 Å². The summed E-state index contributed by atoms with van der Waals surface area (Å²) in [7, 11) is 0. The number of nitrogens with one attached hydrogen (secondary N) is 1. The van der Waals surface area contributed by atoms with Gasteiger partial charge in [-0.05, 0) is 61.4 Å². The highest BCUT2D eigenvalue weighted by molar-refractivity contribution is 6.33. The first-order chi connectivity index (χ1) is 11.4. The minimum Gasteiger partial charge on any atom is -0.462 e. The molecule has 0 saturated carbocycles. The van der Waals surface area contributed by atoms with Gasteiger partial charge in [0.25, 0.3) is 0 Å². The molecule has 1 aliphatic heterocycles. The maximum atomic E-state index is 12.7. The van der Waals surface area contributed by atoms with Crippen LogP contribution in [0.15, 0.2) is 36.4 Å². The van der Waals surface area contributed by atoms with E-state index in [1.165, 1.54) is 0 Å². The first-order valence-electron chi connectivity index (χ1n) is 7.46. The minimum absolute atomic E-state index is 0.220. The van der Waals surface area contributed by atoms with Gasteiger partial charge in [0.05, 0.1) is 17.6 Å². The fourth-order valence-corrected chi connectivity index (χ4v) is 3.40. The molecule has 6 heteroatoms. The molecular weight excluding hydrogens is 349 g/mol. The van der Waals surface area contributed by atoms with Gasteiger partial charge in [0.15, 0.2) is 0 Å². The summed E-state index contributed by atoms with van der Waals surface area (Å²) >= 11 is 12.5. The first-order valence-corrected chi connectivity index (χ1v) is 8.22. The van der Waals surface area contributed by atoms with Crippen LogP contribution in [0.2, 0.25) is 10.0 Å². The number of ether oxygens (including phenoxy) is 1. The lowest BCUT2D eigenvalue weighted by Gasteiger charge is -2.24. The quantitative estimate of drug-likeness (QED) is 0.820. The summed E-state index contributed by atoms with van der Waals surface area (Å²) in [5.74, 6) is -0.675. The summed E-state index contributed by atoms with van der Waals surface area (Å²) in [5.41, 5.74) is 1.25. The lowest BCUT2D eigenvalue weighted by Crippen LogP contribution is -2.33. The summed E-state index contributed by atoms with van der Waals surface area (Å²) in [4.78, 5) is 24.7. The van der Waals surface area contributed by atoms with Gasteiger partial charge >= 0.3 is 5.97 Å². The summed E-state index contributed by atoms with van der Waals surface area (Å²) in [5, 5.41) is 3.76. The van der Waals surface area contributed by atoms with E-state index >= 15 is 0 Å². The minimum atomic E-state index is -1.04. The van der Waals surface area contributed by atoms with Crippen LogP contribution in [0.3, 0.4) is 0 Å². The maximum absolute atomic E-state index is 12.7. The van der Waals surface area contributed by atoms with Gasteiger partial charge in [0, 0.05) is 15.7 Å². The molecule has 0 radical (unpaired) electrons. The molecule has 0 saturated heterocycles. The number of fused-ring (bicyclic) bond motifs is 1. The van der Waals surface area contributed by atoms with E-state index in [0.29, 0.717) is 26.9 Å². The molecule has 0 spiro atoms. The Morgan fingerprint density at radius 3 is 2.62 bits per heavy atom. The van der Waals surface area contributed by atoms with E-state index in [1.54, 1.807) is 50.2 Å². The number of hydrogen-bond donors (Lipinski definition) is 1. The maximum Gasteiger partial charge on any atom is 0.338 e. The Labute approximate surface area is 149 Å². The van der Waals surface area contributed by atoms with Gasteiger partial charge in [-0.3, -0.25) is 4.79 Å². The third-order valence-electron chi connectivity index (χ3n) is 4.24. The second kappa shape index (κ2) is 6.11. The molecule has 0 bridgehead atoms. The normalized spacial score (nSPS) is 18.9. The van der Waals surface area contributed by atoms with Gasteiger partial charge in [0.2, 0.25) is 5.91 Å². The van der Waals surface area contributed by atoms with Gasteiger partial charge in [0.1, 0.15) is 0 Å². The van der Waals surface area contributed by atoms with E-state index in [1.807, 2.05) is 0 Å². The van der Waals surface area contributed by atoms with Crippen LogP contribution in [-0.2, 0) is 14.9 Å². The first kappa shape index (κ1) is 16.8. The van der Waals surface area contributed by atoms with Crippen molar-refractivity contribution in [1.29, 1.82) is 0 Å². The molecular formula is C18H15Cl2NO3. The Morgan fingerprint density at radius 1 is 1.17 bits per heavy atom. The van der Waals surface area contributed by atoms with E-state index in [9.17, 15) is 9.59 Å². The van der Waals surface area contributed by atoms with E-state index in [2.05, 4.69) is 5.32 Å². The van der Waals surface area contributed by atoms with Crippen molar-refractivity contribution in [1.82, 2.24) is 0 Å². The third-order valence-corrected chi connectivity index (χ3v) is 4.80. The lowest BCUT2D eigenvalue weighted by atomic mass is 9.77. The predicted molar refractivity (Wildman–Crippen MR) is 93.9 cm³/mol. The standard InChI is InChI=1S/C18H15Cl2NO3/c1-3-24-16(22)10-4-6-14(20)12(8-10)18(2)13-9-11(19)5-7-15(13)21-17(18)23/h4-9H,3H2,1-2H3,(H,21,23). The Hall–Kier alpha value is -2.04. The Bertz CT molecular complexity index is 850. The molecule has 2 aromatic rings. The van der Waals surface area contributed by atoms with Crippen molar-refractivity contribution in [3.63, 3.8) is 0 Å². The zero-order valence-corrected chi connectivity index (χ0v) is 14.7. The van der Waals surface area contributed by atoms with Gasteiger partial charge in [-0.2, -0.15) is 0 Å². The average molecular weight is 364 g/mol. The largest absolute Gasteiger partial charge is 0.462 e. The number of esters is 1. The molecule has 0 aromatic heterocycles. The summed E-state index contributed by atoms with van der Waals surface area (Å²) in [6.45, 7) is 3.77. The second-order valence-electron chi connectivity index (χ2n) is 5.68. The van der Waals surface area contributed by atoms with Crippen LogP contribution in [0.1, 0.15) is 35.3 Å². The third kappa shape index (κ3) is 2.56. The van der Waals surface area contributed by atoms with E-state index in [4.69, 9.17) is 27.9 Å². The number of hydrogen-bond acceptors (Lipinski definition) is 3. The molecule has 2 aromatic carbocycles. The number of benzene rings is 2. The fraction of sp³-hybridized carbons (Fsp3) is 0.222. The summed E-state index contributed by atoms with van der Waals surface area (Å²) < 4.78 is 5.03. The molecule has 0 aliphatic carbocycles. The van der Waals surface area contributed by atoms with Gasteiger partial charge in [-0.25, -0.2) is 4.79 Å². The fourth-order valence-electron chi connectivity index (χ4n) is 2.93. The molecule has 124 valence electrons. The monoisotopic (exact) mass is 363 g/mol. The predicted octanol–water partition coefficient (Wildman–Crippen LogP) is 4.43. The number of halogens is 2. The van der Waals surface area contributed by atoms with Crippen molar-refractivity contribution in [2.75, 3.05) is 11.9 Å². The average Bonchev–Trinajstić information content (AvgIpc) is 2.80. The van der Waals surface area contributed by atoms with Crippen molar-refractivity contribution in [3.05, 3.63) is 63.1 Å². The van der Waals surface area contributed by atoms with Crippen LogP contribution in [0, 0.1) is 0 Å². The molecule has 24 heavy (non-hydrogen) atoms. The lowest BCUT2D eigenvalue weighted by molar-refractivity contribution is -0.119. The van der Waals surface area contributed by atoms with Gasteiger partial charge in [-0.1, -0.05) is 23.2 Å². The highest BCUT2D eigenvalue weighted by atomic mass is 35.5. The van der Waals surface area contributed by atoms with Crippen LogP contribution >= 0.6 is 23.2 Å². The van der Waals surface area contributed by atoms with Crippen LogP contribution in [0.5, 0.6) is 0 Å². The number of rotatable bonds is 3. The zero-order chi connectivity index (χ0) is 17.5. The molecule has 1 heterocycles. The van der Waals surface area contributed by atoms with E-state index < -0.39 is 11.4 Å². The van der Waals surface area contributed by atoms with Gasteiger partial charge < -0.3 is 10.1 Å². The molecule has 3 rings (SSSR count). The van der Waals surface area contributed by atoms with Crippen LogP contribution in [-0.4, -0.2) is 18.5 Å². The topological polar surface area (TPSA) is 55.4 Å². The number of anilines is 1. The SMILES string of the molecule is CCOC(=O)c1ccc(Cl)c(C2(C)C(=O)Nc3ccc(Cl)cc32)c1. The Morgan fingerprint density at radius 2 is 1.92 bits per heavy atom. The van der Waals surface area contributed by atoms with Crippen LogP contribution in [0.25, 0.3) is 0 Å². The molecule has 1 N–H and O–H groups in total. The van der Waals surface area contributed by atoms with Crippen molar-refractivity contribution in [2.45, 2.75) is 19.3 Å². The van der Waals surface area contributed by atoms with Crippen LogP contribution < -0.4 is 5.32 Å². The van der Waals surface area contributed by atoms with E-state index in [0.717, 1.165) is 5.56 Å². The van der Waals surface area contributed by atoms with Crippen LogP contribution in [0.4, 0.5) is 5.69 Å². The molecule has 1 unspecified atom stereocenters. The van der Waals surface area contributed by atoms with Crippen molar-refractivity contribution >= 4 is 40.8 Å². The highest BCUT2D eigenvalue weighted by Crippen LogP contribution is 2.46. The smallest absolute Gasteiger partial charge is 0.338 e. The number of amides is 1. The van der Waals surface area contributed by atoms with Gasteiger partial charge in [-0.15, -0.1) is 0 Å².